The lowest BCUT2D eigenvalue weighted by molar-refractivity contribution is -0.384. The highest BCUT2D eigenvalue weighted by Gasteiger charge is 2.23. The van der Waals surface area contributed by atoms with E-state index < -0.39 is 16.7 Å². The first-order valence-electron chi connectivity index (χ1n) is 7.83. The standard InChI is InChI=1S/C17H20N4O5/c1-11-6-7-12(13(9-11)21(24)25)19-17(23)16(22)18-10-14(20(2)3)15-5-4-8-26-15/h4-9,14H,10H2,1-3H3,(H,18,22)(H,19,23)/t14-/m0/s1. The number of carbonyl (C=O) groups is 2. The Kier molecular flexibility index (Phi) is 6.07. The largest absolute Gasteiger partial charge is 0.468 e. The van der Waals surface area contributed by atoms with Gasteiger partial charge < -0.3 is 15.1 Å². The Hall–Kier alpha value is -3.20. The van der Waals surface area contributed by atoms with E-state index in [-0.39, 0.29) is 24.0 Å². The molecule has 0 aliphatic carbocycles. The molecule has 26 heavy (non-hydrogen) atoms. The van der Waals surface area contributed by atoms with Gasteiger partial charge >= 0.3 is 11.8 Å². The van der Waals surface area contributed by atoms with E-state index in [1.807, 2.05) is 19.0 Å². The van der Waals surface area contributed by atoms with Crippen molar-refractivity contribution in [2.45, 2.75) is 13.0 Å². The molecule has 1 aromatic carbocycles. The molecule has 1 aromatic heterocycles. The minimum atomic E-state index is -0.978. The Bertz CT molecular complexity index is 801. The zero-order chi connectivity index (χ0) is 19.3. The summed E-state index contributed by atoms with van der Waals surface area (Å²) < 4.78 is 5.33. The molecular formula is C17H20N4O5. The van der Waals surface area contributed by atoms with E-state index in [0.717, 1.165) is 0 Å². The molecule has 2 rings (SSSR count). The lowest BCUT2D eigenvalue weighted by atomic mass is 10.2. The monoisotopic (exact) mass is 360 g/mol. The van der Waals surface area contributed by atoms with Crippen LogP contribution >= 0.6 is 0 Å². The van der Waals surface area contributed by atoms with E-state index in [0.29, 0.717) is 11.3 Å². The Morgan fingerprint density at radius 1 is 1.27 bits per heavy atom. The number of nitro groups is 1. The fourth-order valence-corrected chi connectivity index (χ4v) is 2.37. The second kappa shape index (κ2) is 8.26. The van der Waals surface area contributed by atoms with Gasteiger partial charge in [-0.05, 0) is 44.8 Å². The van der Waals surface area contributed by atoms with E-state index >= 15 is 0 Å². The van der Waals surface area contributed by atoms with Crippen LogP contribution in [0.3, 0.4) is 0 Å². The minimum absolute atomic E-state index is 0.0315. The molecule has 0 aliphatic rings. The van der Waals surface area contributed by atoms with Crippen molar-refractivity contribution in [1.29, 1.82) is 0 Å². The molecule has 0 unspecified atom stereocenters. The SMILES string of the molecule is Cc1ccc(NC(=O)C(=O)NC[C@@H](c2ccco2)N(C)C)c([N+](=O)[O-])c1. The number of anilines is 1. The molecule has 0 saturated heterocycles. The fraction of sp³-hybridized carbons (Fsp3) is 0.294. The van der Waals surface area contributed by atoms with E-state index in [4.69, 9.17) is 4.42 Å². The molecule has 0 spiro atoms. The second-order valence-corrected chi connectivity index (χ2v) is 5.94. The van der Waals surface area contributed by atoms with E-state index in [1.54, 1.807) is 25.1 Å². The summed E-state index contributed by atoms with van der Waals surface area (Å²) in [5.41, 5.74) is 0.371. The molecule has 2 amide bonds. The van der Waals surface area contributed by atoms with Crippen molar-refractivity contribution in [3.8, 4) is 0 Å². The van der Waals surface area contributed by atoms with Crippen molar-refractivity contribution in [2.24, 2.45) is 0 Å². The van der Waals surface area contributed by atoms with Gasteiger partial charge in [0.15, 0.2) is 0 Å². The summed E-state index contributed by atoms with van der Waals surface area (Å²) in [6.45, 7) is 1.84. The van der Waals surface area contributed by atoms with Gasteiger partial charge in [0, 0.05) is 12.6 Å². The molecule has 0 saturated carbocycles. The fourth-order valence-electron chi connectivity index (χ4n) is 2.37. The quantitative estimate of drug-likeness (QED) is 0.461. The van der Waals surface area contributed by atoms with Crippen LogP contribution in [-0.4, -0.2) is 42.3 Å². The third kappa shape index (κ3) is 4.67. The van der Waals surface area contributed by atoms with Crippen LogP contribution in [0.4, 0.5) is 11.4 Å². The van der Waals surface area contributed by atoms with Crippen molar-refractivity contribution >= 4 is 23.2 Å². The molecule has 0 radical (unpaired) electrons. The average molecular weight is 360 g/mol. The number of hydrogen-bond donors (Lipinski definition) is 2. The van der Waals surface area contributed by atoms with Crippen LogP contribution in [0.1, 0.15) is 17.4 Å². The number of nitrogens with one attached hydrogen (secondary N) is 2. The first-order chi connectivity index (χ1) is 12.3. The summed E-state index contributed by atoms with van der Waals surface area (Å²) in [4.78, 5) is 36.4. The van der Waals surface area contributed by atoms with Crippen molar-refractivity contribution in [1.82, 2.24) is 10.2 Å². The molecule has 9 heteroatoms. The number of hydrogen-bond acceptors (Lipinski definition) is 6. The van der Waals surface area contributed by atoms with E-state index in [2.05, 4.69) is 10.6 Å². The van der Waals surface area contributed by atoms with Crippen molar-refractivity contribution in [3.63, 3.8) is 0 Å². The number of likely N-dealkylation sites (N-methyl/N-ethyl adjacent to an activating group) is 1. The van der Waals surface area contributed by atoms with Gasteiger partial charge in [-0.25, -0.2) is 0 Å². The number of carbonyl (C=O) groups excluding carboxylic acids is 2. The van der Waals surface area contributed by atoms with Crippen LogP contribution in [0.5, 0.6) is 0 Å². The molecule has 0 bridgehead atoms. The Morgan fingerprint density at radius 2 is 2.00 bits per heavy atom. The minimum Gasteiger partial charge on any atom is -0.468 e. The van der Waals surface area contributed by atoms with Gasteiger partial charge in [-0.15, -0.1) is 0 Å². The van der Waals surface area contributed by atoms with E-state index in [9.17, 15) is 19.7 Å². The van der Waals surface area contributed by atoms with Crippen molar-refractivity contribution < 1.29 is 18.9 Å². The number of nitrogens with zero attached hydrogens (tertiary/aromatic N) is 2. The van der Waals surface area contributed by atoms with E-state index in [1.165, 1.54) is 18.4 Å². The predicted octanol–water partition coefficient (Wildman–Crippen LogP) is 1.85. The molecule has 138 valence electrons. The number of nitro benzene ring substituents is 1. The molecule has 2 N–H and O–H groups in total. The maximum Gasteiger partial charge on any atom is 0.313 e. The highest BCUT2D eigenvalue weighted by Crippen LogP contribution is 2.25. The molecule has 1 heterocycles. The van der Waals surface area contributed by atoms with Gasteiger partial charge in [-0.1, -0.05) is 6.07 Å². The van der Waals surface area contributed by atoms with Crippen LogP contribution in [-0.2, 0) is 9.59 Å². The lowest BCUT2D eigenvalue weighted by Crippen LogP contribution is -2.40. The lowest BCUT2D eigenvalue weighted by Gasteiger charge is -2.22. The summed E-state index contributed by atoms with van der Waals surface area (Å²) in [6.07, 6.45) is 1.52. The third-order valence-electron chi connectivity index (χ3n) is 3.76. The summed E-state index contributed by atoms with van der Waals surface area (Å²) in [7, 11) is 3.63. The third-order valence-corrected chi connectivity index (χ3v) is 3.76. The van der Waals surface area contributed by atoms with Gasteiger partial charge in [0.1, 0.15) is 11.4 Å². The summed E-state index contributed by atoms with van der Waals surface area (Å²) in [5, 5.41) is 15.9. The van der Waals surface area contributed by atoms with Gasteiger partial charge in [0.2, 0.25) is 0 Å². The Balaban J connectivity index is 2.02. The van der Waals surface area contributed by atoms with Gasteiger partial charge in [0.05, 0.1) is 17.2 Å². The number of amides is 2. The topological polar surface area (TPSA) is 118 Å². The van der Waals surface area contributed by atoms with Crippen LogP contribution in [0.25, 0.3) is 0 Å². The number of furan rings is 1. The first-order valence-corrected chi connectivity index (χ1v) is 7.83. The summed E-state index contributed by atoms with van der Waals surface area (Å²) in [6, 6.07) is 7.58. The van der Waals surface area contributed by atoms with Crippen LogP contribution in [0.2, 0.25) is 0 Å². The summed E-state index contributed by atoms with van der Waals surface area (Å²) >= 11 is 0. The van der Waals surface area contributed by atoms with Crippen molar-refractivity contribution in [2.75, 3.05) is 26.0 Å². The smallest absolute Gasteiger partial charge is 0.313 e. The molecule has 0 fully saturated rings. The maximum atomic E-state index is 12.1. The average Bonchev–Trinajstić information content (AvgIpc) is 3.10. The van der Waals surface area contributed by atoms with Crippen LogP contribution < -0.4 is 10.6 Å². The summed E-state index contributed by atoms with van der Waals surface area (Å²) in [5.74, 6) is -1.22. The normalized spacial score (nSPS) is 11.8. The molecule has 2 aromatic rings. The van der Waals surface area contributed by atoms with Gasteiger partial charge in [-0.2, -0.15) is 0 Å². The van der Waals surface area contributed by atoms with Crippen LogP contribution in [0, 0.1) is 17.0 Å². The van der Waals surface area contributed by atoms with Gasteiger partial charge in [-0.3, -0.25) is 24.6 Å². The molecule has 0 aliphatic heterocycles. The highest BCUT2D eigenvalue weighted by atomic mass is 16.6. The Morgan fingerprint density at radius 3 is 2.58 bits per heavy atom. The number of rotatable bonds is 6. The van der Waals surface area contributed by atoms with Crippen molar-refractivity contribution in [3.05, 3.63) is 58.0 Å². The highest BCUT2D eigenvalue weighted by molar-refractivity contribution is 6.39. The Labute approximate surface area is 150 Å². The zero-order valence-corrected chi connectivity index (χ0v) is 14.7. The van der Waals surface area contributed by atoms with Crippen LogP contribution in [0.15, 0.2) is 41.0 Å². The predicted molar refractivity (Wildman–Crippen MR) is 94.6 cm³/mol. The number of benzene rings is 1. The molecule has 1 atom stereocenters. The first kappa shape index (κ1) is 19.1. The van der Waals surface area contributed by atoms with Gasteiger partial charge in [0.25, 0.3) is 5.69 Å². The zero-order valence-electron chi connectivity index (χ0n) is 14.7. The maximum absolute atomic E-state index is 12.1. The molecular weight excluding hydrogens is 340 g/mol. The number of aryl methyl sites for hydroxylation is 1. The molecule has 9 nitrogen and oxygen atoms in total. The second-order valence-electron chi connectivity index (χ2n) is 5.94.